The van der Waals surface area contributed by atoms with Gasteiger partial charge in [0.15, 0.2) is 11.5 Å². The van der Waals surface area contributed by atoms with E-state index in [4.69, 9.17) is 34.1 Å². The first kappa shape index (κ1) is 36.6. The van der Waals surface area contributed by atoms with Gasteiger partial charge in [0, 0.05) is 11.6 Å². The van der Waals surface area contributed by atoms with Crippen molar-refractivity contribution in [2.75, 3.05) is 21.3 Å². The van der Waals surface area contributed by atoms with Crippen molar-refractivity contribution in [3.63, 3.8) is 0 Å². The molecule has 0 atom stereocenters. The first-order valence-corrected chi connectivity index (χ1v) is 16.0. The van der Waals surface area contributed by atoms with Gasteiger partial charge in [0.1, 0.15) is 5.75 Å². The molecule has 9 nitrogen and oxygen atoms in total. The molecule has 5 heterocycles. The van der Waals surface area contributed by atoms with Gasteiger partial charge in [0.05, 0.1) is 56.0 Å². The van der Waals surface area contributed by atoms with Crippen LogP contribution in [0.15, 0.2) is 97.1 Å². The van der Waals surface area contributed by atoms with Crippen molar-refractivity contribution in [1.29, 1.82) is 10.5 Å². The molecule has 0 saturated heterocycles. The third-order valence-electron chi connectivity index (χ3n) is 8.94. The Morgan fingerprint density at radius 2 is 0.887 bits per heavy atom. The number of aromatic nitrogens is 4. The molecule has 0 fully saturated rings. The molecule has 254 valence electrons. The van der Waals surface area contributed by atoms with Crippen molar-refractivity contribution in [3.8, 4) is 62.8 Å². The summed E-state index contributed by atoms with van der Waals surface area (Å²) in [6, 6.07) is 34.6. The Morgan fingerprint density at radius 3 is 1.38 bits per heavy atom. The van der Waals surface area contributed by atoms with Gasteiger partial charge in [-0.05, 0) is 70.3 Å². The molecule has 4 aromatic heterocycles. The SMILES string of the molecule is COc1cc(OC)c(-c2c3nc(c(-c4ccc(C#N)cc4)c4ccc([n-]4)c4ccc([n-]4)c(-c4ccc(C#N)cc4)c4ccc2[n-]4)C=C3)cc1OC.[Cl-].[Sn+4]. The number of nitrogens with zero attached hydrogens (tertiary/aromatic N) is 6. The first-order valence-electron chi connectivity index (χ1n) is 16.0. The number of hydrogen-bond acceptors (Lipinski definition) is 6. The largest absolute Gasteiger partial charge is 4.00 e. The van der Waals surface area contributed by atoms with Gasteiger partial charge in [-0.1, -0.05) is 60.7 Å². The molecule has 0 saturated carbocycles. The fourth-order valence-electron chi connectivity index (χ4n) is 6.48. The van der Waals surface area contributed by atoms with Crippen LogP contribution in [0.1, 0.15) is 22.5 Å². The number of methoxy groups -OCH3 is 3. The minimum Gasteiger partial charge on any atom is -1.00 e. The van der Waals surface area contributed by atoms with Gasteiger partial charge in [-0.3, -0.25) is 0 Å². The van der Waals surface area contributed by atoms with Gasteiger partial charge in [-0.25, -0.2) is 4.98 Å². The maximum Gasteiger partial charge on any atom is 4.00 e. The van der Waals surface area contributed by atoms with E-state index in [-0.39, 0.29) is 36.3 Å². The molecule has 53 heavy (non-hydrogen) atoms. The fourth-order valence-corrected chi connectivity index (χ4v) is 6.48. The maximum atomic E-state index is 9.49. The molecule has 0 N–H and O–H groups in total. The number of rotatable bonds is 6. The number of halogens is 1. The maximum absolute atomic E-state index is 9.49. The molecule has 11 heteroatoms. The Bertz CT molecular complexity index is 2730. The van der Waals surface area contributed by atoms with Crippen LogP contribution >= 0.6 is 0 Å². The van der Waals surface area contributed by atoms with E-state index >= 15 is 0 Å². The van der Waals surface area contributed by atoms with Crippen molar-refractivity contribution in [1.82, 2.24) is 19.9 Å². The van der Waals surface area contributed by atoms with Crippen molar-refractivity contribution in [2.24, 2.45) is 0 Å². The van der Waals surface area contributed by atoms with E-state index in [0.29, 0.717) is 84.0 Å². The average molecular weight is 818 g/mol. The summed E-state index contributed by atoms with van der Waals surface area (Å²) in [5.74, 6) is 1.59. The molecule has 1 aliphatic heterocycles. The summed E-state index contributed by atoms with van der Waals surface area (Å²) in [4.78, 5) is 20.6. The zero-order valence-electron chi connectivity index (χ0n) is 28.7. The molecule has 7 aromatic rings. The smallest absolute Gasteiger partial charge is 1.00 e. The number of hydrogen-bond donors (Lipinski definition) is 0. The van der Waals surface area contributed by atoms with E-state index in [1.54, 1.807) is 51.7 Å². The number of ether oxygens (including phenoxy) is 3. The van der Waals surface area contributed by atoms with E-state index < -0.39 is 0 Å². The van der Waals surface area contributed by atoms with Crippen LogP contribution in [0.5, 0.6) is 17.2 Å². The molecule has 0 unspecified atom stereocenters. The van der Waals surface area contributed by atoms with Gasteiger partial charge in [-0.15, -0.1) is 22.1 Å². The molecule has 0 spiro atoms. The Kier molecular flexibility index (Phi) is 10.5. The Morgan fingerprint density at radius 1 is 0.491 bits per heavy atom. The average Bonchev–Trinajstić information content (AvgIpc) is 4.01. The predicted molar refractivity (Wildman–Crippen MR) is 203 cm³/mol. The third kappa shape index (κ3) is 6.57. The molecule has 0 radical (unpaired) electrons. The summed E-state index contributed by atoms with van der Waals surface area (Å²) in [5.41, 5.74) is 11.4. The zero-order chi connectivity index (χ0) is 35.1. The third-order valence-corrected chi connectivity index (χ3v) is 8.94. The van der Waals surface area contributed by atoms with Crippen molar-refractivity contribution < 1.29 is 26.6 Å². The molecule has 1 aliphatic rings. The Hall–Kier alpha value is -6.14. The van der Waals surface area contributed by atoms with Crippen LogP contribution in [0.4, 0.5) is 0 Å². The quantitative estimate of drug-likeness (QED) is 0.214. The van der Waals surface area contributed by atoms with Gasteiger partial charge < -0.3 is 41.6 Å². The fraction of sp³-hybridized carbons (Fsp3) is 0.0714. The number of benzene rings is 3. The summed E-state index contributed by atoms with van der Waals surface area (Å²) < 4.78 is 17.3. The van der Waals surface area contributed by atoms with Gasteiger partial charge in [0.2, 0.25) is 0 Å². The summed E-state index contributed by atoms with van der Waals surface area (Å²) >= 11 is 0. The van der Waals surface area contributed by atoms with E-state index in [1.807, 2.05) is 78.9 Å². The van der Waals surface area contributed by atoms with Crippen molar-refractivity contribution >= 4 is 69.2 Å². The van der Waals surface area contributed by atoms with Crippen LogP contribution in [-0.4, -0.2) is 50.2 Å². The molecule has 8 rings (SSSR count). The summed E-state index contributed by atoms with van der Waals surface area (Å²) in [6.07, 6.45) is 3.93. The summed E-state index contributed by atoms with van der Waals surface area (Å²) in [6.45, 7) is 0. The van der Waals surface area contributed by atoms with E-state index in [9.17, 15) is 10.5 Å². The standard InChI is InChI=1S/C42H27N6O3.ClH.Sn/c1-49-37-21-39(51-3)38(50-2)20-28(37)42-35-18-16-33(47-35)40(26-8-4-24(22-43)5-9-26)31-14-12-29(45-31)30-13-15-32(46-30)41(34-17-19-36(42)48-34)27-10-6-25(23-44)7-11-27;;/h4-21H,1-3H3;1H;/q-3;;+4/p-1. The summed E-state index contributed by atoms with van der Waals surface area (Å²) in [5, 5.41) is 19.0. The molecular formula is C42H27ClN6O3Sn. The predicted octanol–water partition coefficient (Wildman–Crippen LogP) is 4.98. The second kappa shape index (κ2) is 15.2. The monoisotopic (exact) mass is 818 g/mol. The molecule has 3 aromatic carbocycles. The molecule has 0 aliphatic carbocycles. The zero-order valence-corrected chi connectivity index (χ0v) is 32.3. The molecular weight excluding hydrogens is 791 g/mol. The topological polar surface area (TPSA) is 130 Å². The van der Waals surface area contributed by atoms with Crippen molar-refractivity contribution in [3.05, 3.63) is 120 Å². The van der Waals surface area contributed by atoms with Crippen LogP contribution < -0.4 is 41.6 Å². The first-order chi connectivity index (χ1) is 25.0. The molecule has 0 amide bonds. The number of fused-ring (bicyclic) bond motifs is 9. The number of nitriles is 2. The Balaban J connectivity index is 0.00000240. The minimum atomic E-state index is 0. The normalized spacial score (nSPS) is 10.9. The van der Waals surface area contributed by atoms with E-state index in [2.05, 4.69) is 12.1 Å². The van der Waals surface area contributed by atoms with Crippen LogP contribution in [0.2, 0.25) is 0 Å². The van der Waals surface area contributed by atoms with Gasteiger partial charge >= 0.3 is 23.9 Å². The summed E-state index contributed by atoms with van der Waals surface area (Å²) in [7, 11) is 4.78. The van der Waals surface area contributed by atoms with Crippen LogP contribution in [0.25, 0.3) is 78.6 Å². The molecule has 8 bridgehead atoms. The second-order valence-corrected chi connectivity index (χ2v) is 11.8. The Labute approximate surface area is 328 Å². The van der Waals surface area contributed by atoms with E-state index in [1.165, 1.54) is 0 Å². The van der Waals surface area contributed by atoms with Crippen LogP contribution in [0, 0.1) is 22.7 Å². The van der Waals surface area contributed by atoms with Crippen LogP contribution in [-0.2, 0) is 0 Å². The second-order valence-electron chi connectivity index (χ2n) is 11.8. The van der Waals surface area contributed by atoms with Gasteiger partial charge in [-0.2, -0.15) is 21.6 Å². The minimum absolute atomic E-state index is 0. The van der Waals surface area contributed by atoms with Crippen LogP contribution in [0.3, 0.4) is 0 Å². The van der Waals surface area contributed by atoms with Gasteiger partial charge in [0.25, 0.3) is 0 Å². The van der Waals surface area contributed by atoms with Crippen molar-refractivity contribution in [2.45, 2.75) is 0 Å². The van der Waals surface area contributed by atoms with E-state index in [0.717, 1.165) is 22.3 Å².